The molecule has 8 heteroatoms. The molecule has 0 saturated heterocycles. The average molecular weight is 285 g/mol. The first kappa shape index (κ1) is 15.0. The minimum atomic E-state index is -3.78. The van der Waals surface area contributed by atoms with Gasteiger partial charge in [0.05, 0.1) is 0 Å². The third-order valence-corrected chi connectivity index (χ3v) is 3.19. The van der Waals surface area contributed by atoms with Crippen molar-refractivity contribution in [3.05, 3.63) is 0 Å². The van der Waals surface area contributed by atoms with Gasteiger partial charge in [0.2, 0.25) is 0 Å². The molecule has 0 aliphatic rings. The number of phosphoric acid groups is 1. The fourth-order valence-electron chi connectivity index (χ4n) is 0.608. The van der Waals surface area contributed by atoms with Crippen LogP contribution in [-0.2, 0) is 18.1 Å². The Morgan fingerprint density at radius 1 is 0.857 bits per heavy atom. The molecule has 0 aliphatic heterocycles. The maximum Gasteiger partial charge on any atom is 0.479 e. The molecule has 0 bridgehead atoms. The standard InChI is InChI=1S/C6H12Cl3O4P/c1-4(7)11-14(10,12-5(2)8)13-6(3)9/h4-6H,1-3H3. The highest BCUT2D eigenvalue weighted by Crippen LogP contribution is 2.53. The largest absolute Gasteiger partial charge is 0.479 e. The Bertz CT molecular complexity index is 176. The zero-order chi connectivity index (χ0) is 11.4. The van der Waals surface area contributed by atoms with Gasteiger partial charge in [0.15, 0.2) is 0 Å². The van der Waals surface area contributed by atoms with E-state index in [1.165, 1.54) is 20.8 Å². The number of phosphoric ester groups is 1. The lowest BCUT2D eigenvalue weighted by atomic mass is 10.9. The second-order valence-corrected chi connectivity index (χ2v) is 5.76. The Labute approximate surface area is 98.4 Å². The molecule has 3 atom stereocenters. The van der Waals surface area contributed by atoms with E-state index in [4.69, 9.17) is 48.4 Å². The number of alkyl halides is 3. The number of rotatable bonds is 6. The normalized spacial score (nSPS) is 22.4. The van der Waals surface area contributed by atoms with Crippen LogP contribution in [0.3, 0.4) is 0 Å². The van der Waals surface area contributed by atoms with E-state index in [1.54, 1.807) is 0 Å². The van der Waals surface area contributed by atoms with Crippen molar-refractivity contribution in [3.63, 3.8) is 0 Å². The molecule has 0 spiro atoms. The second kappa shape index (κ2) is 6.54. The zero-order valence-corrected chi connectivity index (χ0v) is 11.1. The van der Waals surface area contributed by atoms with Crippen molar-refractivity contribution in [3.8, 4) is 0 Å². The van der Waals surface area contributed by atoms with Gasteiger partial charge in [-0.3, -0.25) is 13.6 Å². The fourth-order valence-corrected chi connectivity index (χ4v) is 2.70. The zero-order valence-electron chi connectivity index (χ0n) is 7.95. The van der Waals surface area contributed by atoms with Crippen LogP contribution in [0.5, 0.6) is 0 Å². The summed E-state index contributed by atoms with van der Waals surface area (Å²) in [5, 5.41) is 0. The highest BCUT2D eigenvalue weighted by atomic mass is 35.5. The molecule has 0 aromatic rings. The van der Waals surface area contributed by atoms with E-state index >= 15 is 0 Å². The molecule has 86 valence electrons. The van der Waals surface area contributed by atoms with Crippen LogP contribution in [-0.4, -0.2) is 16.7 Å². The molecule has 3 unspecified atom stereocenters. The van der Waals surface area contributed by atoms with Crippen molar-refractivity contribution < 1.29 is 18.1 Å². The van der Waals surface area contributed by atoms with Gasteiger partial charge < -0.3 is 0 Å². The Hall–Kier alpha value is 0.980. The van der Waals surface area contributed by atoms with E-state index < -0.39 is 24.5 Å². The molecule has 14 heavy (non-hydrogen) atoms. The quantitative estimate of drug-likeness (QED) is 0.548. The van der Waals surface area contributed by atoms with Crippen LogP contribution in [0.25, 0.3) is 0 Å². The van der Waals surface area contributed by atoms with E-state index in [0.717, 1.165) is 0 Å². The highest BCUT2D eigenvalue weighted by molar-refractivity contribution is 7.48. The van der Waals surface area contributed by atoms with Gasteiger partial charge in [-0.15, -0.1) is 0 Å². The first-order valence-corrected chi connectivity index (χ1v) is 6.59. The van der Waals surface area contributed by atoms with Crippen molar-refractivity contribution in [2.45, 2.75) is 37.5 Å². The maximum absolute atomic E-state index is 11.7. The van der Waals surface area contributed by atoms with Gasteiger partial charge >= 0.3 is 7.82 Å². The molecule has 0 saturated carbocycles. The van der Waals surface area contributed by atoms with Crippen molar-refractivity contribution in [1.29, 1.82) is 0 Å². The molecule has 0 rings (SSSR count). The van der Waals surface area contributed by atoms with Crippen LogP contribution >= 0.6 is 42.6 Å². The summed E-state index contributed by atoms with van der Waals surface area (Å²) < 4.78 is 26.0. The van der Waals surface area contributed by atoms with Crippen molar-refractivity contribution in [2.24, 2.45) is 0 Å². The predicted octanol–water partition coefficient (Wildman–Crippen LogP) is 3.90. The molecule has 0 N–H and O–H groups in total. The van der Waals surface area contributed by atoms with Crippen LogP contribution < -0.4 is 0 Å². The van der Waals surface area contributed by atoms with Gasteiger partial charge in [-0.1, -0.05) is 34.8 Å². The van der Waals surface area contributed by atoms with Crippen molar-refractivity contribution >= 4 is 42.6 Å². The molecular weight excluding hydrogens is 273 g/mol. The maximum atomic E-state index is 11.7. The first-order valence-electron chi connectivity index (χ1n) is 3.82. The van der Waals surface area contributed by atoms with E-state index in [9.17, 15) is 4.57 Å². The molecular formula is C6H12Cl3O4P. The summed E-state index contributed by atoms with van der Waals surface area (Å²) in [5.41, 5.74) is -2.48. The smallest absolute Gasteiger partial charge is 0.268 e. The van der Waals surface area contributed by atoms with Gasteiger partial charge in [0.1, 0.15) is 16.7 Å². The van der Waals surface area contributed by atoms with Gasteiger partial charge in [0.25, 0.3) is 0 Å². The summed E-state index contributed by atoms with van der Waals surface area (Å²) in [7, 11) is -3.78. The minimum Gasteiger partial charge on any atom is -0.268 e. The molecule has 0 heterocycles. The Morgan fingerprint density at radius 3 is 1.21 bits per heavy atom. The lowest BCUT2D eigenvalue weighted by molar-refractivity contribution is 0.0969. The van der Waals surface area contributed by atoms with Gasteiger partial charge in [0, 0.05) is 0 Å². The van der Waals surface area contributed by atoms with Crippen LogP contribution in [0.2, 0.25) is 0 Å². The van der Waals surface area contributed by atoms with Gasteiger partial charge in [-0.2, -0.15) is 0 Å². The molecule has 4 nitrogen and oxygen atoms in total. The number of hydrogen-bond acceptors (Lipinski definition) is 4. The number of hydrogen-bond donors (Lipinski definition) is 0. The number of halogens is 3. The summed E-state index contributed by atoms with van der Waals surface area (Å²) in [4.78, 5) is 0. The third kappa shape index (κ3) is 7.30. The topological polar surface area (TPSA) is 44.8 Å². The highest BCUT2D eigenvalue weighted by Gasteiger charge is 2.32. The van der Waals surface area contributed by atoms with Crippen LogP contribution in [0.1, 0.15) is 20.8 Å². The molecule has 0 aromatic carbocycles. The van der Waals surface area contributed by atoms with Crippen LogP contribution in [0, 0.1) is 0 Å². The fraction of sp³-hybridized carbons (Fsp3) is 1.00. The Morgan fingerprint density at radius 2 is 1.07 bits per heavy atom. The Balaban J connectivity index is 4.41. The summed E-state index contributed by atoms with van der Waals surface area (Å²) in [6.07, 6.45) is 0. The van der Waals surface area contributed by atoms with E-state index in [2.05, 4.69) is 0 Å². The lowest BCUT2D eigenvalue weighted by Gasteiger charge is -2.20. The summed E-state index contributed by atoms with van der Waals surface area (Å²) in [5.74, 6) is 0. The molecule has 0 amide bonds. The molecule has 0 aliphatic carbocycles. The third-order valence-electron chi connectivity index (χ3n) is 0.823. The van der Waals surface area contributed by atoms with E-state index in [-0.39, 0.29) is 0 Å². The molecule has 0 fully saturated rings. The predicted molar refractivity (Wildman–Crippen MR) is 56.8 cm³/mol. The van der Waals surface area contributed by atoms with Crippen LogP contribution in [0.4, 0.5) is 0 Å². The monoisotopic (exact) mass is 284 g/mol. The molecule has 0 radical (unpaired) electrons. The Kier molecular flexibility index (Phi) is 7.00. The van der Waals surface area contributed by atoms with E-state index in [0.29, 0.717) is 0 Å². The van der Waals surface area contributed by atoms with Crippen LogP contribution in [0.15, 0.2) is 0 Å². The average Bonchev–Trinajstić information content (AvgIpc) is 1.76. The summed E-state index contributed by atoms with van der Waals surface area (Å²) >= 11 is 16.5. The van der Waals surface area contributed by atoms with Crippen molar-refractivity contribution in [1.82, 2.24) is 0 Å². The summed E-state index contributed by atoms with van der Waals surface area (Å²) in [6, 6.07) is 0. The van der Waals surface area contributed by atoms with Crippen molar-refractivity contribution in [2.75, 3.05) is 0 Å². The molecule has 0 aromatic heterocycles. The lowest BCUT2D eigenvalue weighted by Crippen LogP contribution is -2.10. The first-order chi connectivity index (χ1) is 6.25. The second-order valence-electron chi connectivity index (χ2n) is 2.39. The SMILES string of the molecule is CC(Cl)OP(=O)(OC(C)Cl)OC(C)Cl. The summed E-state index contributed by atoms with van der Waals surface area (Å²) in [6.45, 7) is 4.41. The van der Waals surface area contributed by atoms with E-state index in [1.807, 2.05) is 0 Å². The van der Waals surface area contributed by atoms with Gasteiger partial charge in [-0.25, -0.2) is 4.57 Å². The minimum absolute atomic E-state index is 0.827. The van der Waals surface area contributed by atoms with Gasteiger partial charge in [-0.05, 0) is 20.8 Å².